The standard InChI is InChI=1S/C19H23ClN2O2S/c1-22(16-5-3-2-4-6-16)19(23)11-15-13-25-18(21-15)12-24-17-9-7-14(20)8-10-17/h7-10,13,16H,2-6,11-12H2,1H3. The Kier molecular flexibility index (Phi) is 6.32. The van der Waals surface area contributed by atoms with Gasteiger partial charge in [0.25, 0.3) is 0 Å². The highest BCUT2D eigenvalue weighted by atomic mass is 35.5. The van der Waals surface area contributed by atoms with Gasteiger partial charge in [0.15, 0.2) is 0 Å². The number of rotatable bonds is 6. The summed E-state index contributed by atoms with van der Waals surface area (Å²) in [7, 11) is 1.93. The van der Waals surface area contributed by atoms with E-state index >= 15 is 0 Å². The highest BCUT2D eigenvalue weighted by Gasteiger charge is 2.22. The molecule has 1 amide bonds. The van der Waals surface area contributed by atoms with Crippen LogP contribution < -0.4 is 4.74 Å². The van der Waals surface area contributed by atoms with E-state index < -0.39 is 0 Å². The van der Waals surface area contributed by atoms with Gasteiger partial charge in [0.2, 0.25) is 5.91 Å². The number of hydrogen-bond donors (Lipinski definition) is 0. The van der Waals surface area contributed by atoms with E-state index in [4.69, 9.17) is 16.3 Å². The second-order valence-corrected chi connectivity index (χ2v) is 7.83. The Morgan fingerprint density at radius 3 is 2.72 bits per heavy atom. The van der Waals surface area contributed by atoms with Crippen molar-refractivity contribution in [3.05, 3.63) is 45.4 Å². The molecule has 0 spiro atoms. The maximum atomic E-state index is 12.5. The first-order valence-corrected chi connectivity index (χ1v) is 9.95. The van der Waals surface area contributed by atoms with Crippen molar-refractivity contribution in [3.63, 3.8) is 0 Å². The largest absolute Gasteiger partial charge is 0.486 e. The lowest BCUT2D eigenvalue weighted by Gasteiger charge is -2.31. The molecule has 0 saturated heterocycles. The van der Waals surface area contributed by atoms with E-state index in [1.165, 1.54) is 30.6 Å². The molecule has 0 bridgehead atoms. The summed E-state index contributed by atoms with van der Waals surface area (Å²) in [6.07, 6.45) is 6.36. The Balaban J connectivity index is 1.50. The third-order valence-corrected chi connectivity index (χ3v) is 5.75. The lowest BCUT2D eigenvalue weighted by Crippen LogP contribution is -2.39. The van der Waals surface area contributed by atoms with Crippen molar-refractivity contribution in [1.29, 1.82) is 0 Å². The fourth-order valence-corrected chi connectivity index (χ4v) is 3.95. The van der Waals surface area contributed by atoms with Crippen LogP contribution in [-0.4, -0.2) is 28.9 Å². The van der Waals surface area contributed by atoms with Gasteiger partial charge in [-0.3, -0.25) is 4.79 Å². The number of thiazole rings is 1. The summed E-state index contributed by atoms with van der Waals surface area (Å²) < 4.78 is 5.70. The Labute approximate surface area is 157 Å². The van der Waals surface area contributed by atoms with Crippen LogP contribution in [0.2, 0.25) is 5.02 Å². The number of amides is 1. The Morgan fingerprint density at radius 2 is 2.00 bits per heavy atom. The van der Waals surface area contributed by atoms with E-state index in [1.54, 1.807) is 12.1 Å². The number of nitrogens with zero attached hydrogens (tertiary/aromatic N) is 2. The zero-order chi connectivity index (χ0) is 17.6. The molecule has 1 saturated carbocycles. The first kappa shape index (κ1) is 18.2. The maximum Gasteiger partial charge on any atom is 0.228 e. The molecule has 0 aliphatic heterocycles. The quantitative estimate of drug-likeness (QED) is 0.731. The zero-order valence-electron chi connectivity index (χ0n) is 14.4. The van der Waals surface area contributed by atoms with E-state index in [1.807, 2.05) is 29.5 Å². The van der Waals surface area contributed by atoms with Crippen molar-refractivity contribution in [2.45, 2.75) is 51.2 Å². The van der Waals surface area contributed by atoms with Gasteiger partial charge in [-0.15, -0.1) is 11.3 Å². The molecule has 1 heterocycles. The second-order valence-electron chi connectivity index (χ2n) is 6.45. The Hall–Kier alpha value is -1.59. The van der Waals surface area contributed by atoms with Crippen LogP contribution in [0, 0.1) is 0 Å². The first-order valence-electron chi connectivity index (χ1n) is 8.69. The number of ether oxygens (including phenoxy) is 1. The molecule has 6 heteroatoms. The predicted octanol–water partition coefficient (Wildman–Crippen LogP) is 4.71. The third-order valence-electron chi connectivity index (χ3n) is 4.62. The van der Waals surface area contributed by atoms with Crippen molar-refractivity contribution in [2.24, 2.45) is 0 Å². The van der Waals surface area contributed by atoms with Crippen LogP contribution >= 0.6 is 22.9 Å². The van der Waals surface area contributed by atoms with Crippen LogP contribution in [0.15, 0.2) is 29.6 Å². The highest BCUT2D eigenvalue weighted by molar-refractivity contribution is 7.09. The van der Waals surface area contributed by atoms with Crippen LogP contribution in [0.25, 0.3) is 0 Å². The molecule has 0 radical (unpaired) electrons. The van der Waals surface area contributed by atoms with Gasteiger partial charge >= 0.3 is 0 Å². The summed E-state index contributed by atoms with van der Waals surface area (Å²) in [5.41, 5.74) is 0.826. The van der Waals surface area contributed by atoms with E-state index in [-0.39, 0.29) is 5.91 Å². The summed E-state index contributed by atoms with van der Waals surface area (Å²) in [6.45, 7) is 0.402. The highest BCUT2D eigenvalue weighted by Crippen LogP contribution is 2.23. The lowest BCUT2D eigenvalue weighted by atomic mass is 9.94. The third kappa shape index (κ3) is 5.19. The number of aromatic nitrogens is 1. The molecule has 25 heavy (non-hydrogen) atoms. The first-order chi connectivity index (χ1) is 12.1. The molecule has 1 aromatic carbocycles. The fraction of sp³-hybridized carbons (Fsp3) is 0.474. The van der Waals surface area contributed by atoms with Gasteiger partial charge in [-0.25, -0.2) is 4.98 Å². The van der Waals surface area contributed by atoms with Gasteiger partial charge in [-0.1, -0.05) is 30.9 Å². The molecule has 1 fully saturated rings. The van der Waals surface area contributed by atoms with Gasteiger partial charge in [-0.05, 0) is 37.1 Å². The number of halogens is 1. The predicted molar refractivity (Wildman–Crippen MR) is 101 cm³/mol. The average molecular weight is 379 g/mol. The van der Waals surface area contributed by atoms with Crippen molar-refractivity contribution >= 4 is 28.8 Å². The van der Waals surface area contributed by atoms with Gasteiger partial charge in [-0.2, -0.15) is 0 Å². The molecule has 2 aromatic rings. The van der Waals surface area contributed by atoms with Gasteiger partial charge < -0.3 is 9.64 Å². The molecule has 0 unspecified atom stereocenters. The number of hydrogen-bond acceptors (Lipinski definition) is 4. The number of likely N-dealkylation sites (N-methyl/N-ethyl adjacent to an activating group) is 1. The minimum atomic E-state index is 0.155. The molecule has 1 aliphatic rings. The maximum absolute atomic E-state index is 12.5. The minimum Gasteiger partial charge on any atom is -0.486 e. The topological polar surface area (TPSA) is 42.4 Å². The van der Waals surface area contributed by atoms with E-state index in [2.05, 4.69) is 4.98 Å². The van der Waals surface area contributed by atoms with Crippen molar-refractivity contribution in [1.82, 2.24) is 9.88 Å². The van der Waals surface area contributed by atoms with E-state index in [0.29, 0.717) is 24.1 Å². The zero-order valence-corrected chi connectivity index (χ0v) is 16.0. The van der Waals surface area contributed by atoms with Crippen molar-refractivity contribution < 1.29 is 9.53 Å². The van der Waals surface area contributed by atoms with Crippen LogP contribution in [0.3, 0.4) is 0 Å². The summed E-state index contributed by atoms with van der Waals surface area (Å²) in [4.78, 5) is 18.9. The molecule has 1 aliphatic carbocycles. The molecule has 3 rings (SSSR count). The molecule has 0 atom stereocenters. The molecule has 1 aromatic heterocycles. The SMILES string of the molecule is CN(C(=O)Cc1csc(COc2ccc(Cl)cc2)n1)C1CCCCC1. The second kappa shape index (κ2) is 8.68. The fourth-order valence-electron chi connectivity index (χ4n) is 3.12. The van der Waals surface area contributed by atoms with Crippen LogP contribution in [-0.2, 0) is 17.8 Å². The molecular weight excluding hydrogens is 356 g/mol. The molecular formula is C19H23ClN2O2S. The average Bonchev–Trinajstić information content (AvgIpc) is 3.08. The molecule has 4 nitrogen and oxygen atoms in total. The van der Waals surface area contributed by atoms with Crippen LogP contribution in [0.5, 0.6) is 5.75 Å². The van der Waals surface area contributed by atoms with Gasteiger partial charge in [0.1, 0.15) is 17.4 Å². The number of carbonyl (C=O) groups excluding carboxylic acids is 1. The minimum absolute atomic E-state index is 0.155. The molecule has 0 N–H and O–H groups in total. The van der Waals surface area contributed by atoms with Crippen molar-refractivity contribution in [2.75, 3.05) is 7.05 Å². The Bertz CT molecular complexity index is 696. The Morgan fingerprint density at radius 1 is 1.28 bits per heavy atom. The lowest BCUT2D eigenvalue weighted by molar-refractivity contribution is -0.131. The van der Waals surface area contributed by atoms with Crippen LogP contribution in [0.1, 0.15) is 42.8 Å². The van der Waals surface area contributed by atoms with E-state index in [9.17, 15) is 4.79 Å². The monoisotopic (exact) mass is 378 g/mol. The van der Waals surface area contributed by atoms with Crippen LogP contribution in [0.4, 0.5) is 0 Å². The van der Waals surface area contributed by atoms with E-state index in [0.717, 1.165) is 29.3 Å². The molecule has 134 valence electrons. The number of carbonyl (C=O) groups is 1. The normalized spacial score (nSPS) is 15.1. The summed E-state index contributed by atoms with van der Waals surface area (Å²) >= 11 is 7.39. The van der Waals surface area contributed by atoms with Crippen molar-refractivity contribution in [3.8, 4) is 5.75 Å². The smallest absolute Gasteiger partial charge is 0.228 e. The summed E-state index contributed by atoms with van der Waals surface area (Å²) in [5, 5.41) is 3.51. The number of benzene rings is 1. The summed E-state index contributed by atoms with van der Waals surface area (Å²) in [6, 6.07) is 7.65. The van der Waals surface area contributed by atoms with Gasteiger partial charge in [0, 0.05) is 23.5 Å². The van der Waals surface area contributed by atoms with Gasteiger partial charge in [0.05, 0.1) is 12.1 Å². The summed E-state index contributed by atoms with van der Waals surface area (Å²) in [5.74, 6) is 0.914.